The predicted octanol–water partition coefficient (Wildman–Crippen LogP) is 3.41. The Hall–Kier alpha value is -3.48. The standard InChI is InChI=1S/C19H14FN3O3/c1-10-5-3-4-6-12(10)17-21-18(26-22-17)15-16(24)13-8-7-11(20)9-14(13)23(2)19(15)25/h3-9,24H,1-2H3. The Morgan fingerprint density at radius 2 is 1.96 bits per heavy atom. The number of aromatic nitrogens is 3. The first-order valence-electron chi connectivity index (χ1n) is 7.88. The number of hydrogen-bond acceptors (Lipinski definition) is 5. The highest BCUT2D eigenvalue weighted by molar-refractivity contribution is 5.91. The first-order valence-corrected chi connectivity index (χ1v) is 7.88. The molecular weight excluding hydrogens is 337 g/mol. The van der Waals surface area contributed by atoms with Crippen LogP contribution in [0.15, 0.2) is 51.8 Å². The molecule has 0 fully saturated rings. The van der Waals surface area contributed by atoms with Crippen LogP contribution in [0.3, 0.4) is 0 Å². The molecule has 7 heteroatoms. The normalized spacial score (nSPS) is 11.2. The van der Waals surface area contributed by atoms with E-state index in [-0.39, 0.29) is 22.7 Å². The summed E-state index contributed by atoms with van der Waals surface area (Å²) in [6.45, 7) is 1.91. The Morgan fingerprint density at radius 1 is 1.19 bits per heavy atom. The molecule has 0 amide bonds. The maximum absolute atomic E-state index is 13.5. The first kappa shape index (κ1) is 16.0. The molecular formula is C19H14FN3O3. The van der Waals surface area contributed by atoms with Crippen LogP contribution < -0.4 is 5.56 Å². The van der Waals surface area contributed by atoms with E-state index in [0.29, 0.717) is 11.2 Å². The first-order chi connectivity index (χ1) is 12.5. The van der Waals surface area contributed by atoms with Gasteiger partial charge in [-0.05, 0) is 30.7 Å². The van der Waals surface area contributed by atoms with Gasteiger partial charge in [-0.25, -0.2) is 4.39 Å². The number of benzene rings is 2. The summed E-state index contributed by atoms with van der Waals surface area (Å²) < 4.78 is 20.0. The van der Waals surface area contributed by atoms with E-state index in [1.165, 1.54) is 29.8 Å². The average Bonchev–Trinajstić information content (AvgIpc) is 3.09. The molecule has 0 saturated heterocycles. The Kier molecular flexibility index (Phi) is 3.57. The van der Waals surface area contributed by atoms with E-state index in [1.54, 1.807) is 0 Å². The van der Waals surface area contributed by atoms with Crippen LogP contribution in [0.25, 0.3) is 33.7 Å². The molecule has 0 aliphatic rings. The van der Waals surface area contributed by atoms with Crippen LogP contribution in [0.4, 0.5) is 4.39 Å². The van der Waals surface area contributed by atoms with E-state index < -0.39 is 11.4 Å². The summed E-state index contributed by atoms with van der Waals surface area (Å²) in [5.41, 5.74) is 1.32. The Labute approximate surface area is 147 Å². The molecule has 130 valence electrons. The lowest BCUT2D eigenvalue weighted by Gasteiger charge is -2.09. The molecule has 1 N–H and O–H groups in total. The van der Waals surface area contributed by atoms with Crippen molar-refractivity contribution in [3.8, 4) is 28.6 Å². The number of halogens is 1. The summed E-state index contributed by atoms with van der Waals surface area (Å²) in [7, 11) is 1.49. The smallest absolute Gasteiger partial charge is 0.267 e. The highest BCUT2D eigenvalue weighted by Crippen LogP contribution is 2.33. The number of nitrogens with zero attached hydrogens (tertiary/aromatic N) is 3. The summed E-state index contributed by atoms with van der Waals surface area (Å²) in [4.78, 5) is 17.0. The second kappa shape index (κ2) is 5.80. The van der Waals surface area contributed by atoms with E-state index in [4.69, 9.17) is 4.52 Å². The molecule has 0 bridgehead atoms. The largest absolute Gasteiger partial charge is 0.506 e. The summed E-state index contributed by atoms with van der Waals surface area (Å²) in [5.74, 6) is -0.589. The number of aromatic hydroxyl groups is 1. The van der Waals surface area contributed by atoms with E-state index in [1.807, 2.05) is 31.2 Å². The van der Waals surface area contributed by atoms with Gasteiger partial charge in [0.2, 0.25) is 5.82 Å². The number of rotatable bonds is 2. The molecule has 0 unspecified atom stereocenters. The quantitative estimate of drug-likeness (QED) is 0.598. The van der Waals surface area contributed by atoms with Crippen LogP contribution in [-0.4, -0.2) is 19.8 Å². The van der Waals surface area contributed by atoms with Gasteiger partial charge in [-0.2, -0.15) is 4.98 Å². The van der Waals surface area contributed by atoms with Gasteiger partial charge in [0, 0.05) is 18.0 Å². The fraction of sp³-hybridized carbons (Fsp3) is 0.105. The topological polar surface area (TPSA) is 81.2 Å². The summed E-state index contributed by atoms with van der Waals surface area (Å²) in [6.07, 6.45) is 0. The number of hydrogen-bond donors (Lipinski definition) is 1. The SMILES string of the molecule is Cc1ccccc1-c1noc(-c2c(O)c3ccc(F)cc3n(C)c2=O)n1. The minimum Gasteiger partial charge on any atom is -0.506 e. The van der Waals surface area contributed by atoms with E-state index >= 15 is 0 Å². The molecule has 26 heavy (non-hydrogen) atoms. The van der Waals surface area contributed by atoms with Crippen molar-refractivity contribution in [2.75, 3.05) is 0 Å². The van der Waals surface area contributed by atoms with Crippen LogP contribution in [0.1, 0.15) is 5.56 Å². The van der Waals surface area contributed by atoms with Crippen molar-refractivity contribution in [3.05, 3.63) is 64.2 Å². The maximum Gasteiger partial charge on any atom is 0.267 e. The van der Waals surface area contributed by atoms with Gasteiger partial charge >= 0.3 is 0 Å². The van der Waals surface area contributed by atoms with Crippen LogP contribution in [0.5, 0.6) is 5.75 Å². The minimum absolute atomic E-state index is 0.0902. The average molecular weight is 351 g/mol. The highest BCUT2D eigenvalue weighted by Gasteiger charge is 2.22. The molecule has 2 aromatic carbocycles. The van der Waals surface area contributed by atoms with Crippen molar-refractivity contribution in [2.24, 2.45) is 7.05 Å². The monoisotopic (exact) mass is 351 g/mol. The molecule has 4 aromatic rings. The summed E-state index contributed by atoms with van der Waals surface area (Å²) >= 11 is 0. The highest BCUT2D eigenvalue weighted by atomic mass is 19.1. The van der Waals surface area contributed by atoms with Gasteiger partial charge in [0.1, 0.15) is 17.1 Å². The van der Waals surface area contributed by atoms with Crippen molar-refractivity contribution in [1.82, 2.24) is 14.7 Å². The Bertz CT molecular complexity index is 1210. The van der Waals surface area contributed by atoms with Crippen LogP contribution in [-0.2, 0) is 7.05 Å². The third-order valence-electron chi connectivity index (χ3n) is 4.36. The molecule has 0 atom stereocenters. The van der Waals surface area contributed by atoms with Gasteiger partial charge in [0.25, 0.3) is 11.4 Å². The third kappa shape index (κ3) is 2.36. The molecule has 0 aliphatic heterocycles. The van der Waals surface area contributed by atoms with Crippen molar-refractivity contribution in [1.29, 1.82) is 0 Å². The zero-order valence-electron chi connectivity index (χ0n) is 14.0. The second-order valence-corrected chi connectivity index (χ2v) is 5.99. The molecule has 0 saturated carbocycles. The molecule has 4 rings (SSSR count). The molecule has 0 radical (unpaired) electrons. The van der Waals surface area contributed by atoms with Crippen LogP contribution in [0, 0.1) is 12.7 Å². The van der Waals surface area contributed by atoms with Crippen molar-refractivity contribution >= 4 is 10.9 Å². The van der Waals surface area contributed by atoms with E-state index in [9.17, 15) is 14.3 Å². The lowest BCUT2D eigenvalue weighted by molar-refractivity contribution is 0.425. The zero-order valence-corrected chi connectivity index (χ0v) is 14.0. The van der Waals surface area contributed by atoms with Crippen LogP contribution >= 0.6 is 0 Å². The molecule has 2 heterocycles. The third-order valence-corrected chi connectivity index (χ3v) is 4.36. The predicted molar refractivity (Wildman–Crippen MR) is 94.3 cm³/mol. The maximum atomic E-state index is 13.5. The van der Waals surface area contributed by atoms with Gasteiger partial charge in [-0.15, -0.1) is 0 Å². The van der Waals surface area contributed by atoms with Crippen molar-refractivity contribution in [3.63, 3.8) is 0 Å². The number of aryl methyl sites for hydroxylation is 2. The Morgan fingerprint density at radius 3 is 2.73 bits per heavy atom. The fourth-order valence-corrected chi connectivity index (χ4v) is 2.95. The van der Waals surface area contributed by atoms with Gasteiger partial charge in [0.15, 0.2) is 0 Å². The van der Waals surface area contributed by atoms with Gasteiger partial charge in [-0.1, -0.05) is 29.4 Å². The van der Waals surface area contributed by atoms with E-state index in [2.05, 4.69) is 10.1 Å². The second-order valence-electron chi connectivity index (χ2n) is 5.99. The van der Waals surface area contributed by atoms with Crippen LogP contribution in [0.2, 0.25) is 0 Å². The molecule has 6 nitrogen and oxygen atoms in total. The van der Waals surface area contributed by atoms with Crippen molar-refractivity contribution < 1.29 is 14.0 Å². The van der Waals surface area contributed by atoms with Gasteiger partial charge in [-0.3, -0.25) is 4.79 Å². The fourth-order valence-electron chi connectivity index (χ4n) is 2.95. The molecule has 0 aliphatic carbocycles. The van der Waals surface area contributed by atoms with Gasteiger partial charge in [0.05, 0.1) is 5.52 Å². The Balaban J connectivity index is 1.95. The minimum atomic E-state index is -0.555. The van der Waals surface area contributed by atoms with E-state index in [0.717, 1.165) is 11.1 Å². The number of pyridine rings is 1. The molecule has 0 spiro atoms. The summed E-state index contributed by atoms with van der Waals surface area (Å²) in [5, 5.41) is 14.8. The zero-order chi connectivity index (χ0) is 18.4. The van der Waals surface area contributed by atoms with Crippen molar-refractivity contribution in [2.45, 2.75) is 6.92 Å². The lowest BCUT2D eigenvalue weighted by Crippen LogP contribution is -2.19. The number of fused-ring (bicyclic) bond motifs is 1. The molecule has 2 aromatic heterocycles. The lowest BCUT2D eigenvalue weighted by atomic mass is 10.1. The van der Waals surface area contributed by atoms with Gasteiger partial charge < -0.3 is 14.2 Å². The summed E-state index contributed by atoms with van der Waals surface area (Å²) in [6, 6.07) is 11.3.